The van der Waals surface area contributed by atoms with E-state index in [2.05, 4.69) is 11.9 Å². The first-order chi connectivity index (χ1) is 8.69. The average Bonchev–Trinajstić information content (AvgIpc) is 2.53. The summed E-state index contributed by atoms with van der Waals surface area (Å²) in [5, 5.41) is 0. The van der Waals surface area contributed by atoms with E-state index < -0.39 is 0 Å². The molecule has 3 nitrogen and oxygen atoms in total. The molecule has 0 bridgehead atoms. The minimum absolute atomic E-state index is 0.237. The zero-order chi connectivity index (χ0) is 12.6. The Morgan fingerprint density at radius 3 is 2.94 bits per heavy atom. The number of likely N-dealkylation sites (tertiary alicyclic amines) is 1. The Balaban J connectivity index is 1.90. The van der Waals surface area contributed by atoms with Crippen molar-refractivity contribution in [2.24, 2.45) is 0 Å². The normalized spacial score (nSPS) is 28.6. The van der Waals surface area contributed by atoms with Crippen LogP contribution in [0, 0.1) is 0 Å². The molecule has 3 heteroatoms. The Hall–Kier alpha value is -1.35. The molecule has 2 aliphatic rings. The van der Waals surface area contributed by atoms with Crippen molar-refractivity contribution in [3.05, 3.63) is 29.8 Å². The quantitative estimate of drug-likeness (QED) is 0.703. The number of para-hydroxylation sites is 1. The van der Waals surface area contributed by atoms with Gasteiger partial charge >= 0.3 is 0 Å². The van der Waals surface area contributed by atoms with Crippen molar-refractivity contribution in [2.45, 2.75) is 31.3 Å². The Labute approximate surface area is 108 Å². The third kappa shape index (κ3) is 2.03. The van der Waals surface area contributed by atoms with Crippen LogP contribution in [0.4, 0.5) is 0 Å². The van der Waals surface area contributed by atoms with Gasteiger partial charge in [0.25, 0.3) is 0 Å². The molecule has 1 atom stereocenters. The minimum Gasteiger partial charge on any atom is -0.486 e. The lowest BCUT2D eigenvalue weighted by atomic mass is 9.84. The van der Waals surface area contributed by atoms with Gasteiger partial charge in [-0.25, -0.2) is 0 Å². The van der Waals surface area contributed by atoms with E-state index in [9.17, 15) is 4.79 Å². The molecule has 0 aromatic heterocycles. The van der Waals surface area contributed by atoms with Crippen LogP contribution >= 0.6 is 0 Å². The van der Waals surface area contributed by atoms with Crippen molar-refractivity contribution in [3.8, 4) is 5.75 Å². The van der Waals surface area contributed by atoms with E-state index in [4.69, 9.17) is 4.74 Å². The van der Waals surface area contributed by atoms with Crippen LogP contribution in [0.1, 0.15) is 36.0 Å². The second kappa shape index (κ2) is 4.39. The van der Waals surface area contributed by atoms with Crippen LogP contribution in [0.25, 0.3) is 0 Å². The van der Waals surface area contributed by atoms with Gasteiger partial charge in [-0.1, -0.05) is 12.1 Å². The predicted octanol–water partition coefficient (Wildman–Crippen LogP) is 2.51. The number of nitrogens with zero attached hydrogens (tertiary/aromatic N) is 1. The lowest BCUT2D eigenvalue weighted by Crippen LogP contribution is -2.42. The Morgan fingerprint density at radius 2 is 2.06 bits per heavy atom. The summed E-state index contributed by atoms with van der Waals surface area (Å²) in [6, 6.07) is 7.63. The first-order valence-electron chi connectivity index (χ1n) is 6.68. The summed E-state index contributed by atoms with van der Waals surface area (Å²) in [6.07, 6.45) is 3.57. The number of carbonyl (C=O) groups is 1. The zero-order valence-corrected chi connectivity index (χ0v) is 10.8. The molecule has 0 saturated carbocycles. The summed E-state index contributed by atoms with van der Waals surface area (Å²) in [5.74, 6) is 1.01. The standard InChI is InChI=1S/C15H19NO2/c1-16-9-4-7-15(8-10-16)11-13(17)12-5-2-3-6-14(12)18-15/h2-3,5-6H,4,7-11H2,1H3. The van der Waals surface area contributed by atoms with Crippen LogP contribution in [-0.4, -0.2) is 36.4 Å². The van der Waals surface area contributed by atoms with E-state index in [1.54, 1.807) is 0 Å². The largest absolute Gasteiger partial charge is 0.486 e. The Bertz CT molecular complexity index is 471. The molecule has 1 unspecified atom stereocenters. The van der Waals surface area contributed by atoms with Gasteiger partial charge in [0, 0.05) is 13.0 Å². The van der Waals surface area contributed by atoms with Gasteiger partial charge in [-0.05, 0) is 38.6 Å². The van der Waals surface area contributed by atoms with Crippen molar-refractivity contribution >= 4 is 5.78 Å². The number of fused-ring (bicyclic) bond motifs is 1. The van der Waals surface area contributed by atoms with Crippen molar-refractivity contribution in [1.82, 2.24) is 4.90 Å². The van der Waals surface area contributed by atoms with Crippen molar-refractivity contribution in [1.29, 1.82) is 0 Å². The van der Waals surface area contributed by atoms with Crippen LogP contribution in [0.3, 0.4) is 0 Å². The maximum absolute atomic E-state index is 12.3. The molecule has 1 spiro atoms. The molecule has 2 aliphatic heterocycles. The van der Waals surface area contributed by atoms with Crippen LogP contribution < -0.4 is 4.74 Å². The highest BCUT2D eigenvalue weighted by Gasteiger charge is 2.40. The van der Waals surface area contributed by atoms with Crippen molar-refractivity contribution in [2.75, 3.05) is 20.1 Å². The van der Waals surface area contributed by atoms with E-state index in [1.807, 2.05) is 24.3 Å². The van der Waals surface area contributed by atoms with Gasteiger partial charge in [0.2, 0.25) is 0 Å². The number of carbonyl (C=O) groups excluding carboxylic acids is 1. The number of benzene rings is 1. The predicted molar refractivity (Wildman–Crippen MR) is 70.1 cm³/mol. The summed E-state index contributed by atoms with van der Waals surface area (Å²) in [6.45, 7) is 2.11. The smallest absolute Gasteiger partial charge is 0.170 e. The number of ketones is 1. The van der Waals surface area contributed by atoms with Gasteiger partial charge in [-0.2, -0.15) is 0 Å². The molecule has 1 fully saturated rings. The minimum atomic E-state index is -0.254. The van der Waals surface area contributed by atoms with Gasteiger partial charge < -0.3 is 9.64 Å². The molecule has 1 aromatic rings. The zero-order valence-electron chi connectivity index (χ0n) is 10.8. The highest BCUT2D eigenvalue weighted by atomic mass is 16.5. The number of rotatable bonds is 0. The van der Waals surface area contributed by atoms with Crippen molar-refractivity contribution < 1.29 is 9.53 Å². The molecule has 0 N–H and O–H groups in total. The third-order valence-corrected chi connectivity index (χ3v) is 4.12. The molecule has 96 valence electrons. The molecule has 3 rings (SSSR count). The van der Waals surface area contributed by atoms with E-state index in [1.165, 1.54) is 0 Å². The van der Waals surface area contributed by atoms with Gasteiger partial charge in [0.1, 0.15) is 11.4 Å². The van der Waals surface area contributed by atoms with Crippen molar-refractivity contribution in [3.63, 3.8) is 0 Å². The highest BCUT2D eigenvalue weighted by molar-refractivity contribution is 6.00. The molecule has 0 amide bonds. The fourth-order valence-corrected chi connectivity index (χ4v) is 3.02. The summed E-state index contributed by atoms with van der Waals surface area (Å²) >= 11 is 0. The summed E-state index contributed by atoms with van der Waals surface area (Å²) < 4.78 is 6.21. The first-order valence-corrected chi connectivity index (χ1v) is 6.68. The van der Waals surface area contributed by atoms with E-state index in [-0.39, 0.29) is 11.4 Å². The maximum Gasteiger partial charge on any atom is 0.170 e. The Morgan fingerprint density at radius 1 is 1.22 bits per heavy atom. The van der Waals surface area contributed by atoms with Crippen LogP contribution in [0.2, 0.25) is 0 Å². The van der Waals surface area contributed by atoms with Gasteiger partial charge in [-0.15, -0.1) is 0 Å². The lowest BCUT2D eigenvalue weighted by molar-refractivity contribution is 0.0305. The number of ether oxygens (including phenoxy) is 1. The number of hydrogen-bond acceptors (Lipinski definition) is 3. The van der Waals surface area contributed by atoms with Crippen LogP contribution in [-0.2, 0) is 0 Å². The van der Waals surface area contributed by atoms with Crippen LogP contribution in [0.5, 0.6) is 5.75 Å². The fourth-order valence-electron chi connectivity index (χ4n) is 3.02. The Kier molecular flexibility index (Phi) is 2.86. The number of hydrogen-bond donors (Lipinski definition) is 0. The molecule has 1 aromatic carbocycles. The SMILES string of the molecule is CN1CCCC2(CC1)CC(=O)c1ccccc1O2. The topological polar surface area (TPSA) is 29.5 Å². The highest BCUT2D eigenvalue weighted by Crippen LogP contribution is 2.38. The number of Topliss-reactive ketones (excluding diaryl/α,β-unsaturated/α-hetero) is 1. The van der Waals surface area contributed by atoms with E-state index in [0.29, 0.717) is 6.42 Å². The fraction of sp³-hybridized carbons (Fsp3) is 0.533. The second-order valence-electron chi connectivity index (χ2n) is 5.54. The third-order valence-electron chi connectivity index (χ3n) is 4.12. The molecule has 2 heterocycles. The summed E-state index contributed by atoms with van der Waals surface area (Å²) in [7, 11) is 2.14. The van der Waals surface area contributed by atoms with Gasteiger partial charge in [0.05, 0.1) is 12.0 Å². The molecule has 0 aliphatic carbocycles. The monoisotopic (exact) mass is 245 g/mol. The summed E-state index contributed by atoms with van der Waals surface area (Å²) in [5.41, 5.74) is 0.497. The average molecular weight is 245 g/mol. The first kappa shape index (κ1) is 11.7. The molecule has 0 radical (unpaired) electrons. The molecule has 18 heavy (non-hydrogen) atoms. The van der Waals surface area contributed by atoms with Gasteiger partial charge in [0.15, 0.2) is 5.78 Å². The molecular formula is C15H19NO2. The molecule has 1 saturated heterocycles. The second-order valence-corrected chi connectivity index (χ2v) is 5.54. The summed E-state index contributed by atoms with van der Waals surface area (Å²) in [4.78, 5) is 14.6. The molecular weight excluding hydrogens is 226 g/mol. The van der Waals surface area contributed by atoms with Gasteiger partial charge in [-0.3, -0.25) is 4.79 Å². The maximum atomic E-state index is 12.3. The van der Waals surface area contributed by atoms with E-state index in [0.717, 1.165) is 43.7 Å². The van der Waals surface area contributed by atoms with E-state index >= 15 is 0 Å². The van der Waals surface area contributed by atoms with Crippen LogP contribution in [0.15, 0.2) is 24.3 Å². The lowest BCUT2D eigenvalue weighted by Gasteiger charge is -2.37.